The van der Waals surface area contributed by atoms with Crippen LogP contribution in [0.15, 0.2) is 24.3 Å². The zero-order valence-electron chi connectivity index (χ0n) is 11.2. The predicted molar refractivity (Wildman–Crippen MR) is 63.7 cm³/mol. The number of carbonyl (C=O) groups is 2. The fraction of sp³-hybridized carbons (Fsp3) is 0.538. The largest absolute Gasteiger partial charge is 0.458 e. The second-order valence-electron chi connectivity index (χ2n) is 4.13. The van der Waals surface area contributed by atoms with Gasteiger partial charge in [-0.2, -0.15) is 22.0 Å². The van der Waals surface area contributed by atoms with Crippen LogP contribution in [0.4, 0.5) is 26.3 Å². The number of alkyl halides is 6. The van der Waals surface area contributed by atoms with Gasteiger partial charge in [-0.3, -0.25) is 9.59 Å². The molecular formula is C13H14CuF6O2. The summed E-state index contributed by atoms with van der Waals surface area (Å²) in [6, 6.07) is 0. The number of rotatable bonds is 3. The molecule has 1 aliphatic rings. The van der Waals surface area contributed by atoms with Crippen LogP contribution in [-0.4, -0.2) is 30.3 Å². The average molecular weight is 380 g/mol. The van der Waals surface area contributed by atoms with Gasteiger partial charge in [0.1, 0.15) is 0 Å². The van der Waals surface area contributed by atoms with Gasteiger partial charge in [0.2, 0.25) is 0 Å². The molecule has 0 bridgehead atoms. The Bertz CT molecular complexity index is 401. The second-order valence-corrected chi connectivity index (χ2v) is 4.13. The molecule has 22 heavy (non-hydrogen) atoms. The van der Waals surface area contributed by atoms with E-state index in [1.165, 1.54) is 25.7 Å². The van der Waals surface area contributed by atoms with E-state index >= 15 is 0 Å². The number of hydrogen-bond donors (Lipinski definition) is 0. The van der Waals surface area contributed by atoms with Crippen molar-refractivity contribution in [2.75, 3.05) is 6.67 Å². The van der Waals surface area contributed by atoms with Crippen molar-refractivity contribution in [3.05, 3.63) is 24.3 Å². The summed E-state index contributed by atoms with van der Waals surface area (Å²) in [5, 5.41) is 0. The third kappa shape index (κ3) is 9.04. The molecule has 0 aromatic carbocycles. The van der Waals surface area contributed by atoms with Gasteiger partial charge >= 0.3 is 17.9 Å². The van der Waals surface area contributed by atoms with E-state index in [2.05, 4.69) is 24.3 Å². The first kappa shape index (κ1) is 23.2. The topological polar surface area (TPSA) is 34.1 Å². The number of allylic oxidation sites excluding steroid dienone is 4. The maximum Gasteiger partial charge on any atom is 0.458 e. The zero-order chi connectivity index (χ0) is 16.5. The molecular weight excluding hydrogens is 366 g/mol. The first-order chi connectivity index (χ1) is 9.63. The molecule has 0 spiro atoms. The van der Waals surface area contributed by atoms with Gasteiger partial charge < -0.3 is 0 Å². The maximum absolute atomic E-state index is 11.9. The van der Waals surface area contributed by atoms with Crippen LogP contribution in [0.1, 0.15) is 25.7 Å². The molecule has 0 aromatic heterocycles. The van der Waals surface area contributed by atoms with Crippen molar-refractivity contribution in [2.45, 2.75) is 37.8 Å². The molecule has 0 amide bonds. The Morgan fingerprint density at radius 2 is 1.27 bits per heavy atom. The SMILES string of the molecule is C1=CCCCCC=C1.O=C(C(=O)C(F)(F)CF)C(F)(F)F.[Cu]. The van der Waals surface area contributed by atoms with Crippen molar-refractivity contribution >= 4 is 11.6 Å². The molecule has 0 atom stereocenters. The molecule has 0 aliphatic heterocycles. The van der Waals surface area contributed by atoms with Gasteiger partial charge in [0.15, 0.2) is 6.67 Å². The summed E-state index contributed by atoms with van der Waals surface area (Å²) in [6.45, 7) is -2.63. The Labute approximate surface area is 134 Å². The van der Waals surface area contributed by atoms with E-state index in [1.807, 2.05) is 0 Å². The van der Waals surface area contributed by atoms with Gasteiger partial charge in [0.05, 0.1) is 0 Å². The zero-order valence-corrected chi connectivity index (χ0v) is 12.2. The first-order valence-corrected chi connectivity index (χ1v) is 6.04. The minimum absolute atomic E-state index is 0. The van der Waals surface area contributed by atoms with Crippen LogP contribution in [0.3, 0.4) is 0 Å². The number of hydrogen-bond acceptors (Lipinski definition) is 2. The standard InChI is InChI=1S/C8H12.C5H2F6O2.Cu/c1-2-4-6-8-7-5-3-1;6-1-4(7,8)2(12)3(13)5(9,10)11;/h1-4H,5-8H2;1H2;. The Kier molecular flexibility index (Phi) is 11.2. The van der Waals surface area contributed by atoms with E-state index in [4.69, 9.17) is 0 Å². The van der Waals surface area contributed by atoms with Gasteiger partial charge in [0.25, 0.3) is 5.78 Å². The van der Waals surface area contributed by atoms with Crippen LogP contribution in [-0.2, 0) is 26.7 Å². The number of ketones is 2. The molecule has 0 unspecified atom stereocenters. The van der Waals surface area contributed by atoms with E-state index < -0.39 is 30.3 Å². The van der Waals surface area contributed by atoms with Gasteiger partial charge in [-0.25, -0.2) is 4.39 Å². The molecule has 0 saturated heterocycles. The molecule has 1 rings (SSSR count). The van der Waals surface area contributed by atoms with Crippen molar-refractivity contribution in [1.82, 2.24) is 0 Å². The molecule has 0 fully saturated rings. The van der Waals surface area contributed by atoms with Crippen LogP contribution >= 0.6 is 0 Å². The molecule has 1 aliphatic carbocycles. The third-order valence-electron chi connectivity index (χ3n) is 2.34. The molecule has 1 radical (unpaired) electrons. The summed E-state index contributed by atoms with van der Waals surface area (Å²) >= 11 is 0. The van der Waals surface area contributed by atoms with Gasteiger partial charge in [-0.15, -0.1) is 0 Å². The Balaban J connectivity index is 0. The summed E-state index contributed by atoms with van der Waals surface area (Å²) in [4.78, 5) is 19.8. The Hall–Kier alpha value is -1.08. The third-order valence-corrected chi connectivity index (χ3v) is 2.34. The van der Waals surface area contributed by atoms with E-state index in [1.54, 1.807) is 0 Å². The molecule has 0 N–H and O–H groups in total. The quantitative estimate of drug-likeness (QED) is 0.422. The van der Waals surface area contributed by atoms with Crippen LogP contribution in [0.25, 0.3) is 0 Å². The second kappa shape index (κ2) is 10.6. The summed E-state index contributed by atoms with van der Waals surface area (Å²) < 4.78 is 69.1. The fourth-order valence-corrected chi connectivity index (χ4v) is 1.23. The first-order valence-electron chi connectivity index (χ1n) is 6.04. The monoisotopic (exact) mass is 379 g/mol. The van der Waals surface area contributed by atoms with Crippen molar-refractivity contribution in [2.24, 2.45) is 0 Å². The van der Waals surface area contributed by atoms with Crippen molar-refractivity contribution in [3.63, 3.8) is 0 Å². The van der Waals surface area contributed by atoms with Crippen LogP contribution in [0.2, 0.25) is 0 Å². The van der Waals surface area contributed by atoms with Crippen molar-refractivity contribution in [3.8, 4) is 0 Å². The minimum atomic E-state index is -5.70. The summed E-state index contributed by atoms with van der Waals surface area (Å²) in [5.74, 6) is -11.2. The fourth-order valence-electron chi connectivity index (χ4n) is 1.23. The van der Waals surface area contributed by atoms with E-state index in [0.717, 1.165) is 0 Å². The van der Waals surface area contributed by atoms with Crippen molar-refractivity contribution in [1.29, 1.82) is 0 Å². The predicted octanol–water partition coefficient (Wildman–Crippen LogP) is 3.96. The Morgan fingerprint density at radius 3 is 1.59 bits per heavy atom. The number of halogens is 6. The van der Waals surface area contributed by atoms with E-state index in [9.17, 15) is 35.9 Å². The van der Waals surface area contributed by atoms with Gasteiger partial charge in [0, 0.05) is 17.1 Å². The minimum Gasteiger partial charge on any atom is -0.284 e. The van der Waals surface area contributed by atoms with Crippen molar-refractivity contribution < 1.29 is 53.0 Å². The summed E-state index contributed by atoms with van der Waals surface area (Å²) in [7, 11) is 0. The van der Waals surface area contributed by atoms with Gasteiger partial charge in [-0.1, -0.05) is 24.3 Å². The van der Waals surface area contributed by atoms with Crippen LogP contribution in [0, 0.1) is 0 Å². The number of Topliss-reactive ketones (excluding diaryl/α,β-unsaturated/α-hetero) is 2. The molecule has 0 aromatic rings. The molecule has 0 saturated carbocycles. The van der Waals surface area contributed by atoms with E-state index in [-0.39, 0.29) is 17.1 Å². The average Bonchev–Trinajstić information content (AvgIpc) is 2.35. The Morgan fingerprint density at radius 1 is 0.864 bits per heavy atom. The maximum atomic E-state index is 11.9. The molecule has 2 nitrogen and oxygen atoms in total. The van der Waals surface area contributed by atoms with E-state index in [0.29, 0.717) is 0 Å². The normalized spacial score (nSPS) is 14.8. The van der Waals surface area contributed by atoms with Crippen LogP contribution in [0.5, 0.6) is 0 Å². The summed E-state index contributed by atoms with van der Waals surface area (Å²) in [5.41, 5.74) is 0. The number of carbonyl (C=O) groups excluding carboxylic acids is 2. The molecule has 131 valence electrons. The molecule has 9 heteroatoms. The van der Waals surface area contributed by atoms with Crippen LogP contribution < -0.4 is 0 Å². The van der Waals surface area contributed by atoms with Gasteiger partial charge in [-0.05, 0) is 25.7 Å². The molecule has 0 heterocycles. The smallest absolute Gasteiger partial charge is 0.284 e. The summed E-state index contributed by atoms with van der Waals surface area (Å²) in [6.07, 6.45) is 8.30.